The minimum Gasteiger partial charge on any atom is -0.454 e. The zero-order valence-electron chi connectivity index (χ0n) is 22.1. The number of nitrogens with one attached hydrogen (secondary N) is 1. The largest absolute Gasteiger partial charge is 0.454 e. The number of carbonyl (C=O) groups excluding carboxylic acids is 1. The first-order valence-electron chi connectivity index (χ1n) is 13.2. The number of hydrogen-bond acceptors (Lipinski definition) is 8. The number of para-hydroxylation sites is 1. The average molecular weight is 609 g/mol. The molecule has 0 aliphatic carbocycles. The summed E-state index contributed by atoms with van der Waals surface area (Å²) in [5.74, 6) is 2.75. The zero-order valence-corrected chi connectivity index (χ0v) is 24.4. The van der Waals surface area contributed by atoms with E-state index in [9.17, 15) is 4.79 Å². The molecule has 0 saturated carbocycles. The van der Waals surface area contributed by atoms with E-state index in [1.807, 2.05) is 66.7 Å². The number of carbonyl (C=O) groups is 1. The minimum absolute atomic E-state index is 0.140. The Morgan fingerprint density at radius 3 is 2.39 bits per heavy atom. The molecule has 2 aliphatic heterocycles. The molecule has 0 atom stereocenters. The Bertz CT molecular complexity index is 1550. The topological polar surface area (TPSA) is 79.8 Å². The first kappa shape index (κ1) is 27.5. The van der Waals surface area contributed by atoms with Crippen LogP contribution in [0.2, 0.25) is 10.2 Å². The van der Waals surface area contributed by atoms with E-state index in [0.717, 1.165) is 59.6 Å². The van der Waals surface area contributed by atoms with Crippen molar-refractivity contribution in [1.82, 2.24) is 15.3 Å². The Hall–Kier alpha value is -3.66. The Labute approximate surface area is 252 Å². The molecule has 3 heterocycles. The zero-order chi connectivity index (χ0) is 28.2. The lowest BCUT2D eigenvalue weighted by atomic mass is 10.1. The van der Waals surface area contributed by atoms with Gasteiger partial charge in [-0.1, -0.05) is 65.3 Å². The molecule has 1 aromatic heterocycles. The van der Waals surface area contributed by atoms with Gasteiger partial charge in [0.15, 0.2) is 16.7 Å². The van der Waals surface area contributed by atoms with Crippen molar-refractivity contribution in [2.45, 2.75) is 17.5 Å². The summed E-state index contributed by atoms with van der Waals surface area (Å²) in [5, 5.41) is 4.75. The smallest absolute Gasteiger partial charge is 0.251 e. The van der Waals surface area contributed by atoms with Gasteiger partial charge in [-0.2, -0.15) is 0 Å². The summed E-state index contributed by atoms with van der Waals surface area (Å²) in [6.45, 7) is 3.91. The lowest BCUT2D eigenvalue weighted by molar-refractivity contribution is 0.0951. The predicted octanol–water partition coefficient (Wildman–Crippen LogP) is 6.06. The summed E-state index contributed by atoms with van der Waals surface area (Å²) >= 11 is 14.3. The highest BCUT2D eigenvalue weighted by Crippen LogP contribution is 2.32. The number of ether oxygens (including phenoxy) is 2. The maximum Gasteiger partial charge on any atom is 0.251 e. The number of aromatic nitrogens is 2. The van der Waals surface area contributed by atoms with Gasteiger partial charge < -0.3 is 24.6 Å². The van der Waals surface area contributed by atoms with Gasteiger partial charge in [0.1, 0.15) is 11.0 Å². The average Bonchev–Trinajstić information content (AvgIpc) is 3.47. The van der Waals surface area contributed by atoms with Crippen molar-refractivity contribution < 1.29 is 14.3 Å². The molecule has 210 valence electrons. The first-order chi connectivity index (χ1) is 20.0. The number of fused-ring (bicyclic) bond motifs is 1. The number of hydrogen-bond donors (Lipinski definition) is 1. The van der Waals surface area contributed by atoms with Crippen molar-refractivity contribution in [2.75, 3.05) is 42.8 Å². The molecule has 0 bridgehead atoms. The van der Waals surface area contributed by atoms with Crippen molar-refractivity contribution in [1.29, 1.82) is 0 Å². The van der Waals surface area contributed by atoms with Crippen LogP contribution in [0.3, 0.4) is 0 Å². The van der Waals surface area contributed by atoms with Crippen molar-refractivity contribution in [3.8, 4) is 11.5 Å². The fourth-order valence-electron chi connectivity index (χ4n) is 4.73. The molecule has 0 radical (unpaired) electrons. The number of thioether (sulfide) groups is 1. The van der Waals surface area contributed by atoms with Crippen LogP contribution in [0.5, 0.6) is 11.5 Å². The number of anilines is 2. The molecule has 1 amide bonds. The Kier molecular flexibility index (Phi) is 8.36. The van der Waals surface area contributed by atoms with E-state index in [4.69, 9.17) is 37.7 Å². The third kappa shape index (κ3) is 6.64. The SMILES string of the molecule is O=C(NCc1ccc2c(c1)OCO2)c1ccc(CSc2nc(Cl)cc(N3CCN(c4ccccc4Cl)CC3)n2)cc1. The Morgan fingerprint density at radius 2 is 1.59 bits per heavy atom. The number of halogens is 2. The molecular weight excluding hydrogens is 581 g/mol. The minimum atomic E-state index is -0.140. The van der Waals surface area contributed by atoms with Gasteiger partial charge in [-0.3, -0.25) is 4.79 Å². The summed E-state index contributed by atoms with van der Waals surface area (Å²) in [4.78, 5) is 26.4. The molecular formula is C30H27Cl2N5O3S. The molecule has 41 heavy (non-hydrogen) atoms. The Balaban J connectivity index is 1.02. The number of rotatable bonds is 8. The fraction of sp³-hybridized carbons (Fsp3) is 0.233. The van der Waals surface area contributed by atoms with Gasteiger partial charge in [0, 0.05) is 50.1 Å². The summed E-state index contributed by atoms with van der Waals surface area (Å²) in [6.07, 6.45) is 0. The standard InChI is InChI=1S/C30H27Cl2N5O3S/c31-23-3-1-2-4-24(23)36-11-13-37(14-12-36)28-16-27(32)34-30(35-28)41-18-20-5-8-22(9-6-20)29(38)33-17-21-7-10-25-26(15-21)40-19-39-25/h1-10,15-16H,11-14,17-19H2,(H,33,38). The number of amides is 1. The molecule has 11 heteroatoms. The predicted molar refractivity (Wildman–Crippen MR) is 163 cm³/mol. The van der Waals surface area contributed by atoms with Crippen LogP contribution >= 0.6 is 35.0 Å². The Morgan fingerprint density at radius 1 is 0.854 bits per heavy atom. The quantitative estimate of drug-likeness (QED) is 0.147. The van der Waals surface area contributed by atoms with E-state index >= 15 is 0 Å². The van der Waals surface area contributed by atoms with E-state index in [1.54, 1.807) is 0 Å². The molecule has 0 spiro atoms. The van der Waals surface area contributed by atoms with Crippen LogP contribution in [0.15, 0.2) is 78.0 Å². The summed E-state index contributed by atoms with van der Waals surface area (Å²) < 4.78 is 10.7. The van der Waals surface area contributed by atoms with E-state index in [1.165, 1.54) is 11.8 Å². The maximum atomic E-state index is 12.7. The molecule has 4 aromatic rings. The molecule has 2 aliphatic rings. The third-order valence-corrected chi connectivity index (χ3v) is 8.36. The normalized spacial score (nSPS) is 14.3. The molecule has 8 nitrogen and oxygen atoms in total. The van der Waals surface area contributed by atoms with Gasteiger partial charge >= 0.3 is 0 Å². The van der Waals surface area contributed by atoms with Crippen LogP contribution in [0.1, 0.15) is 21.5 Å². The summed E-state index contributed by atoms with van der Waals surface area (Å²) in [6, 6.07) is 22.9. The lowest BCUT2D eigenvalue weighted by Gasteiger charge is -2.37. The number of benzene rings is 3. The molecule has 1 N–H and O–H groups in total. The van der Waals surface area contributed by atoms with Crippen molar-refractivity contribution >= 4 is 52.4 Å². The lowest BCUT2D eigenvalue weighted by Crippen LogP contribution is -2.47. The van der Waals surface area contributed by atoms with E-state index in [0.29, 0.717) is 33.9 Å². The van der Waals surface area contributed by atoms with E-state index in [-0.39, 0.29) is 12.7 Å². The molecule has 0 unspecified atom stereocenters. The van der Waals surface area contributed by atoms with Gasteiger partial charge in [-0.05, 0) is 47.5 Å². The highest BCUT2D eigenvalue weighted by molar-refractivity contribution is 7.98. The molecule has 1 fully saturated rings. The summed E-state index contributed by atoms with van der Waals surface area (Å²) in [5.41, 5.74) is 3.65. The van der Waals surface area contributed by atoms with Gasteiger partial charge in [-0.15, -0.1) is 0 Å². The monoisotopic (exact) mass is 607 g/mol. The maximum absolute atomic E-state index is 12.7. The van der Waals surface area contributed by atoms with Crippen LogP contribution < -0.4 is 24.6 Å². The highest BCUT2D eigenvalue weighted by Gasteiger charge is 2.21. The molecule has 3 aromatic carbocycles. The van der Waals surface area contributed by atoms with Crippen LogP contribution in [-0.2, 0) is 12.3 Å². The second-order valence-electron chi connectivity index (χ2n) is 9.61. The van der Waals surface area contributed by atoms with Crippen LogP contribution in [-0.4, -0.2) is 48.8 Å². The van der Waals surface area contributed by atoms with Crippen LogP contribution in [0.4, 0.5) is 11.5 Å². The van der Waals surface area contributed by atoms with Crippen molar-refractivity contribution in [3.05, 3.63) is 99.7 Å². The second-order valence-corrected chi connectivity index (χ2v) is 11.3. The molecule has 6 rings (SSSR count). The van der Waals surface area contributed by atoms with Gasteiger partial charge in [0.05, 0.1) is 10.7 Å². The number of nitrogens with zero attached hydrogens (tertiary/aromatic N) is 4. The van der Waals surface area contributed by atoms with Crippen LogP contribution in [0, 0.1) is 0 Å². The van der Waals surface area contributed by atoms with E-state index in [2.05, 4.69) is 26.2 Å². The van der Waals surface area contributed by atoms with Gasteiger partial charge in [-0.25, -0.2) is 9.97 Å². The van der Waals surface area contributed by atoms with Crippen LogP contribution in [0.25, 0.3) is 0 Å². The fourth-order valence-corrected chi connectivity index (χ4v) is 6.02. The number of piperazine rings is 1. The highest BCUT2D eigenvalue weighted by atomic mass is 35.5. The van der Waals surface area contributed by atoms with Crippen molar-refractivity contribution in [3.63, 3.8) is 0 Å². The summed E-state index contributed by atoms with van der Waals surface area (Å²) in [7, 11) is 0. The van der Waals surface area contributed by atoms with Crippen molar-refractivity contribution in [2.24, 2.45) is 0 Å². The third-order valence-electron chi connectivity index (χ3n) is 6.93. The molecule has 1 saturated heterocycles. The first-order valence-corrected chi connectivity index (χ1v) is 14.9. The van der Waals surface area contributed by atoms with Gasteiger partial charge in [0.25, 0.3) is 5.91 Å². The second kappa shape index (κ2) is 12.5. The van der Waals surface area contributed by atoms with Gasteiger partial charge in [0.2, 0.25) is 6.79 Å². The van der Waals surface area contributed by atoms with E-state index < -0.39 is 0 Å².